The molecular formula is C26H38F12O6. The van der Waals surface area contributed by atoms with Gasteiger partial charge < -0.3 is 24.4 Å². The van der Waals surface area contributed by atoms with E-state index in [0.717, 1.165) is 27.7 Å². The minimum absolute atomic E-state index is 0.239. The van der Waals surface area contributed by atoms with Crippen LogP contribution in [0.3, 0.4) is 0 Å². The van der Waals surface area contributed by atoms with Crippen LogP contribution in [0.5, 0.6) is 0 Å². The van der Waals surface area contributed by atoms with Crippen molar-refractivity contribution in [3.05, 3.63) is 0 Å². The normalized spacial score (nSPS) is 22.2. The first-order valence-corrected chi connectivity index (χ1v) is 13.4. The molecule has 1 aliphatic rings. The molecule has 1 rings (SSSR count). The minimum atomic E-state index is -6.20. The van der Waals surface area contributed by atoms with Crippen LogP contribution in [0, 0.1) is 17.3 Å². The molecule has 0 amide bonds. The molecule has 1 saturated carbocycles. The number of rotatable bonds is 11. The highest BCUT2D eigenvalue weighted by Crippen LogP contribution is 2.49. The second-order valence-electron chi connectivity index (χ2n) is 12.9. The Hall–Kier alpha value is -1.53. The number of ether oxygens (including phenoxy) is 3. The molecule has 0 aromatic heterocycles. The lowest BCUT2D eigenvalue weighted by Gasteiger charge is -2.48. The van der Waals surface area contributed by atoms with E-state index in [2.05, 4.69) is 0 Å². The summed E-state index contributed by atoms with van der Waals surface area (Å²) in [5.41, 5.74) is -15.5. The van der Waals surface area contributed by atoms with E-state index in [0.29, 0.717) is 0 Å². The maximum absolute atomic E-state index is 13.2. The van der Waals surface area contributed by atoms with Gasteiger partial charge in [0.05, 0.1) is 29.8 Å². The zero-order valence-corrected chi connectivity index (χ0v) is 25.0. The van der Waals surface area contributed by atoms with Crippen molar-refractivity contribution in [2.24, 2.45) is 17.3 Å². The quantitative estimate of drug-likeness (QED) is 0.181. The molecule has 2 unspecified atom stereocenters. The van der Waals surface area contributed by atoms with Crippen LogP contribution in [0.1, 0.15) is 74.1 Å². The highest BCUT2D eigenvalue weighted by atomic mass is 19.4. The Bertz CT molecular complexity index is 892. The summed E-state index contributed by atoms with van der Waals surface area (Å²) in [5.74, 6) is -3.02. The van der Waals surface area contributed by atoms with Gasteiger partial charge in [-0.1, -0.05) is 6.92 Å². The average molecular weight is 675 g/mol. The molecule has 44 heavy (non-hydrogen) atoms. The Morgan fingerprint density at radius 3 is 1.16 bits per heavy atom. The molecule has 0 spiro atoms. The van der Waals surface area contributed by atoms with E-state index in [1.165, 1.54) is 13.8 Å². The first-order chi connectivity index (χ1) is 19.2. The zero-order valence-electron chi connectivity index (χ0n) is 25.0. The Morgan fingerprint density at radius 1 is 0.614 bits per heavy atom. The van der Waals surface area contributed by atoms with Gasteiger partial charge >= 0.3 is 30.7 Å². The smallest absolute Gasteiger partial charge is 0.428 e. The van der Waals surface area contributed by atoms with Gasteiger partial charge in [0.2, 0.25) is 0 Å². The van der Waals surface area contributed by atoms with Gasteiger partial charge in [0.25, 0.3) is 11.2 Å². The Labute approximate surface area is 246 Å². The second-order valence-corrected chi connectivity index (χ2v) is 12.9. The average Bonchev–Trinajstić information content (AvgIpc) is 2.82. The van der Waals surface area contributed by atoms with Gasteiger partial charge in [-0.25, -0.2) is 0 Å². The van der Waals surface area contributed by atoms with Crippen molar-refractivity contribution < 1.29 is 81.9 Å². The predicted octanol–water partition coefficient (Wildman–Crippen LogP) is 7.05. The molecule has 6 nitrogen and oxygen atoms in total. The van der Waals surface area contributed by atoms with E-state index >= 15 is 0 Å². The second kappa shape index (κ2) is 12.6. The standard InChI is InChI=1S/C26H38F12O6/c1-8-18(2,3)17(39)44-16-10-14(19(4,5)42-12-21(40,23(27,28)29)24(30,31)32)9-15(11-16)20(6,7)43-13-22(41,25(33,34)35)26(36,37)38/h14-16,40-41H,8-13H2,1-7H3. The first-order valence-electron chi connectivity index (χ1n) is 13.4. The fraction of sp³-hybridized carbons (Fsp3) is 0.962. The van der Waals surface area contributed by atoms with E-state index in [-0.39, 0.29) is 25.7 Å². The summed E-state index contributed by atoms with van der Waals surface area (Å²) in [6.45, 7) is 4.35. The first kappa shape index (κ1) is 40.5. The number of alkyl halides is 12. The maximum atomic E-state index is 13.2. The lowest BCUT2D eigenvalue weighted by molar-refractivity contribution is -0.384. The van der Waals surface area contributed by atoms with Crippen LogP contribution in [-0.2, 0) is 19.0 Å². The van der Waals surface area contributed by atoms with Crippen molar-refractivity contribution in [2.45, 2.75) is 127 Å². The Morgan fingerprint density at radius 2 is 0.909 bits per heavy atom. The highest BCUT2D eigenvalue weighted by molar-refractivity contribution is 5.76. The van der Waals surface area contributed by atoms with Gasteiger partial charge in [-0.2, -0.15) is 52.7 Å². The van der Waals surface area contributed by atoms with E-state index < -0.39 is 89.6 Å². The van der Waals surface area contributed by atoms with Crippen LogP contribution < -0.4 is 0 Å². The van der Waals surface area contributed by atoms with Crippen LogP contribution in [-0.4, -0.2) is 82.6 Å². The summed E-state index contributed by atoms with van der Waals surface area (Å²) in [4.78, 5) is 12.8. The van der Waals surface area contributed by atoms with Crippen LogP contribution >= 0.6 is 0 Å². The van der Waals surface area contributed by atoms with Crippen molar-refractivity contribution in [3.63, 3.8) is 0 Å². The minimum Gasteiger partial charge on any atom is -0.462 e. The van der Waals surface area contributed by atoms with Crippen LogP contribution in [0.2, 0.25) is 0 Å². The molecule has 0 bridgehead atoms. The summed E-state index contributed by atoms with van der Waals surface area (Å²) in [5, 5.41) is 19.0. The molecule has 0 aliphatic heterocycles. The van der Waals surface area contributed by atoms with E-state index in [1.807, 2.05) is 0 Å². The molecule has 2 N–H and O–H groups in total. The number of aliphatic hydroxyl groups is 2. The van der Waals surface area contributed by atoms with Gasteiger partial charge in [-0.15, -0.1) is 0 Å². The van der Waals surface area contributed by atoms with Crippen LogP contribution in [0.15, 0.2) is 0 Å². The van der Waals surface area contributed by atoms with Gasteiger partial charge in [-0.05, 0) is 79.1 Å². The topological polar surface area (TPSA) is 85.2 Å². The van der Waals surface area contributed by atoms with Crippen molar-refractivity contribution in [1.29, 1.82) is 0 Å². The number of halogens is 12. The van der Waals surface area contributed by atoms with E-state index in [4.69, 9.17) is 14.2 Å². The van der Waals surface area contributed by atoms with Crippen LogP contribution in [0.25, 0.3) is 0 Å². The van der Waals surface area contributed by atoms with E-state index in [9.17, 15) is 67.7 Å². The number of esters is 1. The predicted molar refractivity (Wildman–Crippen MR) is 129 cm³/mol. The Balaban J connectivity index is 3.44. The Kier molecular flexibility index (Phi) is 11.6. The molecule has 0 radical (unpaired) electrons. The maximum Gasteiger partial charge on any atom is 0.428 e. The highest BCUT2D eigenvalue weighted by Gasteiger charge is 2.72. The van der Waals surface area contributed by atoms with Gasteiger partial charge in [0.1, 0.15) is 6.10 Å². The van der Waals surface area contributed by atoms with Crippen LogP contribution in [0.4, 0.5) is 52.7 Å². The molecule has 0 aromatic carbocycles. The third kappa shape index (κ3) is 8.63. The zero-order chi connectivity index (χ0) is 35.2. The molecule has 0 saturated heterocycles. The number of carbonyl (C=O) groups is 1. The summed E-state index contributed by atoms with van der Waals surface area (Å²) in [6.07, 6.45) is -26.5. The third-order valence-corrected chi connectivity index (χ3v) is 8.52. The van der Waals surface area contributed by atoms with Gasteiger partial charge in [0.15, 0.2) is 0 Å². The third-order valence-electron chi connectivity index (χ3n) is 8.52. The fourth-order valence-corrected chi connectivity index (χ4v) is 4.42. The summed E-state index contributed by atoms with van der Waals surface area (Å²) < 4.78 is 174. The van der Waals surface area contributed by atoms with Crippen molar-refractivity contribution >= 4 is 5.97 Å². The number of hydrogen-bond donors (Lipinski definition) is 2. The lowest BCUT2D eigenvalue weighted by Crippen LogP contribution is -2.62. The molecular weight excluding hydrogens is 636 g/mol. The molecule has 262 valence electrons. The van der Waals surface area contributed by atoms with Gasteiger partial charge in [-0.3, -0.25) is 4.79 Å². The number of carbonyl (C=O) groups excluding carboxylic acids is 1. The molecule has 0 heterocycles. The molecule has 2 atom stereocenters. The van der Waals surface area contributed by atoms with Crippen molar-refractivity contribution in [3.8, 4) is 0 Å². The SMILES string of the molecule is CCC(C)(C)C(=O)OC1CC(C(C)(C)OCC(O)(C(F)(F)F)C(F)(F)F)CC(C(C)(C)OCC(O)(C(F)(F)F)C(F)(F)F)C1. The fourth-order valence-electron chi connectivity index (χ4n) is 4.42. The summed E-state index contributed by atoms with van der Waals surface area (Å²) in [6, 6.07) is 0. The monoisotopic (exact) mass is 674 g/mol. The largest absolute Gasteiger partial charge is 0.462 e. The molecule has 1 aliphatic carbocycles. The summed E-state index contributed by atoms with van der Waals surface area (Å²) >= 11 is 0. The van der Waals surface area contributed by atoms with E-state index in [1.54, 1.807) is 6.92 Å². The molecule has 18 heteroatoms. The summed E-state index contributed by atoms with van der Waals surface area (Å²) in [7, 11) is 0. The molecule has 0 aromatic rings. The van der Waals surface area contributed by atoms with Crippen molar-refractivity contribution in [1.82, 2.24) is 0 Å². The molecule has 1 fully saturated rings. The number of hydrogen-bond acceptors (Lipinski definition) is 6. The van der Waals surface area contributed by atoms with Gasteiger partial charge in [0, 0.05) is 0 Å². The lowest BCUT2D eigenvalue weighted by atomic mass is 9.68. The van der Waals surface area contributed by atoms with Crippen molar-refractivity contribution in [2.75, 3.05) is 13.2 Å².